The number of hydrogen-bond acceptors (Lipinski definition) is 2. The molecule has 0 radical (unpaired) electrons. The number of hydrazine groups is 1. The van der Waals surface area contributed by atoms with Gasteiger partial charge in [-0.1, -0.05) is 48.0 Å². The van der Waals surface area contributed by atoms with Gasteiger partial charge >= 0.3 is 0 Å². The number of piperidine rings is 1. The summed E-state index contributed by atoms with van der Waals surface area (Å²) in [5, 5.41) is 3.90. The Morgan fingerprint density at radius 1 is 1.00 bits per heavy atom. The van der Waals surface area contributed by atoms with Crippen molar-refractivity contribution in [2.75, 3.05) is 18.1 Å². The van der Waals surface area contributed by atoms with Gasteiger partial charge in [-0.2, -0.15) is 0 Å². The van der Waals surface area contributed by atoms with Gasteiger partial charge in [-0.15, -0.1) is 0 Å². The molecular formula is C19H22N2O. The first-order chi connectivity index (χ1) is 10.8. The minimum Gasteiger partial charge on any atom is -0.277 e. The number of hydrogen-bond donors (Lipinski definition) is 0. The molecule has 0 bridgehead atoms. The van der Waals surface area contributed by atoms with Crippen molar-refractivity contribution in [3.63, 3.8) is 0 Å². The molecule has 3 heteroatoms. The second-order valence-corrected chi connectivity index (χ2v) is 5.92. The van der Waals surface area contributed by atoms with E-state index in [1.807, 2.05) is 24.3 Å². The first kappa shape index (κ1) is 14.8. The number of nitrogens with zero attached hydrogens (tertiary/aromatic N) is 2. The van der Waals surface area contributed by atoms with E-state index in [9.17, 15) is 4.79 Å². The zero-order chi connectivity index (χ0) is 15.4. The molecule has 1 heterocycles. The van der Waals surface area contributed by atoms with Crippen molar-refractivity contribution >= 4 is 12.1 Å². The maximum Gasteiger partial charge on any atom is 0.228 e. The molecule has 22 heavy (non-hydrogen) atoms. The molecule has 2 aromatic carbocycles. The Kier molecular flexibility index (Phi) is 4.54. The number of carbonyl (C=O) groups is 1. The highest BCUT2D eigenvalue weighted by Gasteiger charge is 2.24. The van der Waals surface area contributed by atoms with E-state index in [0.717, 1.165) is 38.0 Å². The summed E-state index contributed by atoms with van der Waals surface area (Å²) in [7, 11) is 0. The summed E-state index contributed by atoms with van der Waals surface area (Å²) in [6.07, 6.45) is 3.09. The topological polar surface area (TPSA) is 23.6 Å². The van der Waals surface area contributed by atoms with Crippen molar-refractivity contribution in [2.24, 2.45) is 0 Å². The second-order valence-electron chi connectivity index (χ2n) is 5.92. The summed E-state index contributed by atoms with van der Waals surface area (Å²) in [5.74, 6) is 0.601. The lowest BCUT2D eigenvalue weighted by molar-refractivity contribution is -0.110. The van der Waals surface area contributed by atoms with Gasteiger partial charge < -0.3 is 0 Å². The van der Waals surface area contributed by atoms with E-state index < -0.39 is 0 Å². The standard InChI is InChI=1S/C19H22N2O/c1-16-7-9-19(10-8-16)21(15-22)20-13-11-18(12-14-20)17-5-3-2-4-6-17/h2-10,15,18H,11-14H2,1H3. The van der Waals surface area contributed by atoms with Gasteiger partial charge in [0.2, 0.25) is 6.41 Å². The van der Waals surface area contributed by atoms with Gasteiger partial charge in [0.05, 0.1) is 5.69 Å². The number of carbonyl (C=O) groups excluding carboxylic acids is 1. The van der Waals surface area contributed by atoms with Crippen molar-refractivity contribution in [2.45, 2.75) is 25.7 Å². The summed E-state index contributed by atoms with van der Waals surface area (Å²) in [5.41, 5.74) is 3.56. The third kappa shape index (κ3) is 3.20. The first-order valence-electron chi connectivity index (χ1n) is 7.89. The molecule has 0 saturated carbocycles. The fourth-order valence-electron chi connectivity index (χ4n) is 3.13. The number of aryl methyl sites for hydroxylation is 1. The molecule has 114 valence electrons. The molecule has 1 saturated heterocycles. The fraction of sp³-hybridized carbons (Fsp3) is 0.316. The van der Waals surface area contributed by atoms with Gasteiger partial charge in [0.25, 0.3) is 0 Å². The zero-order valence-corrected chi connectivity index (χ0v) is 13.0. The molecule has 0 N–H and O–H groups in total. The summed E-state index contributed by atoms with van der Waals surface area (Å²) >= 11 is 0. The van der Waals surface area contributed by atoms with Gasteiger partial charge in [0.15, 0.2) is 0 Å². The average molecular weight is 294 g/mol. The van der Waals surface area contributed by atoms with E-state index in [4.69, 9.17) is 0 Å². The van der Waals surface area contributed by atoms with Crippen LogP contribution in [-0.2, 0) is 4.79 Å². The third-order valence-electron chi connectivity index (χ3n) is 4.45. The molecule has 1 fully saturated rings. The van der Waals surface area contributed by atoms with Gasteiger partial charge in [-0.25, -0.2) is 10.0 Å². The minimum absolute atomic E-state index is 0.601. The number of amides is 1. The molecule has 2 aromatic rings. The summed E-state index contributed by atoms with van der Waals surface area (Å²) in [4.78, 5) is 11.5. The van der Waals surface area contributed by atoms with Crippen molar-refractivity contribution in [3.8, 4) is 0 Å². The Hall–Kier alpha value is -2.13. The van der Waals surface area contributed by atoms with E-state index in [1.165, 1.54) is 11.1 Å². The van der Waals surface area contributed by atoms with Crippen LogP contribution in [0.4, 0.5) is 5.69 Å². The Labute approximate surface area is 132 Å². The SMILES string of the molecule is Cc1ccc(N(C=O)N2CCC(c3ccccc3)CC2)cc1. The quantitative estimate of drug-likeness (QED) is 0.802. The molecule has 1 aliphatic heterocycles. The van der Waals surface area contributed by atoms with Crippen molar-refractivity contribution in [1.29, 1.82) is 0 Å². The van der Waals surface area contributed by atoms with Crippen LogP contribution in [0, 0.1) is 6.92 Å². The molecule has 0 spiro atoms. The predicted octanol–water partition coefficient (Wildman–Crippen LogP) is 3.75. The van der Waals surface area contributed by atoms with E-state index in [0.29, 0.717) is 5.92 Å². The van der Waals surface area contributed by atoms with E-state index in [-0.39, 0.29) is 0 Å². The Morgan fingerprint density at radius 2 is 1.64 bits per heavy atom. The Morgan fingerprint density at radius 3 is 2.23 bits per heavy atom. The lowest BCUT2D eigenvalue weighted by atomic mass is 9.90. The van der Waals surface area contributed by atoms with Crippen LogP contribution in [0.3, 0.4) is 0 Å². The van der Waals surface area contributed by atoms with Crippen molar-refractivity contribution in [3.05, 3.63) is 65.7 Å². The number of anilines is 1. The van der Waals surface area contributed by atoms with Crippen molar-refractivity contribution in [1.82, 2.24) is 5.01 Å². The molecule has 0 aromatic heterocycles. The van der Waals surface area contributed by atoms with Gasteiger partial charge in [0.1, 0.15) is 0 Å². The van der Waals surface area contributed by atoms with Crippen LogP contribution in [0.15, 0.2) is 54.6 Å². The fourth-order valence-corrected chi connectivity index (χ4v) is 3.13. The molecule has 0 atom stereocenters. The Bertz CT molecular complexity index is 601. The smallest absolute Gasteiger partial charge is 0.228 e. The molecule has 3 nitrogen and oxygen atoms in total. The normalized spacial score (nSPS) is 16.4. The van der Waals surface area contributed by atoms with Crippen LogP contribution < -0.4 is 5.01 Å². The van der Waals surface area contributed by atoms with Gasteiger partial charge in [-0.05, 0) is 43.4 Å². The monoisotopic (exact) mass is 294 g/mol. The van der Waals surface area contributed by atoms with Crippen LogP contribution >= 0.6 is 0 Å². The minimum atomic E-state index is 0.601. The second kappa shape index (κ2) is 6.75. The molecule has 1 amide bonds. The van der Waals surface area contributed by atoms with E-state index >= 15 is 0 Å². The first-order valence-corrected chi connectivity index (χ1v) is 7.89. The molecular weight excluding hydrogens is 272 g/mol. The summed E-state index contributed by atoms with van der Waals surface area (Å²) in [6.45, 7) is 3.87. The van der Waals surface area contributed by atoms with Crippen LogP contribution in [0.2, 0.25) is 0 Å². The lowest BCUT2D eigenvalue weighted by Crippen LogP contribution is -2.46. The van der Waals surface area contributed by atoms with Crippen molar-refractivity contribution < 1.29 is 4.79 Å². The lowest BCUT2D eigenvalue weighted by Gasteiger charge is -2.37. The highest BCUT2D eigenvalue weighted by molar-refractivity contribution is 5.73. The highest BCUT2D eigenvalue weighted by atomic mass is 16.1. The van der Waals surface area contributed by atoms with Crippen LogP contribution in [0.25, 0.3) is 0 Å². The number of benzene rings is 2. The summed E-state index contributed by atoms with van der Waals surface area (Å²) in [6, 6.07) is 18.8. The summed E-state index contributed by atoms with van der Waals surface area (Å²) < 4.78 is 0. The number of rotatable bonds is 4. The largest absolute Gasteiger partial charge is 0.277 e. The average Bonchev–Trinajstić information content (AvgIpc) is 2.59. The Balaban J connectivity index is 1.67. The molecule has 1 aliphatic rings. The highest BCUT2D eigenvalue weighted by Crippen LogP contribution is 2.29. The van der Waals surface area contributed by atoms with Crippen LogP contribution in [-0.4, -0.2) is 24.5 Å². The van der Waals surface area contributed by atoms with Crippen LogP contribution in [0.5, 0.6) is 0 Å². The maximum absolute atomic E-state index is 11.5. The third-order valence-corrected chi connectivity index (χ3v) is 4.45. The van der Waals surface area contributed by atoms with Gasteiger partial charge in [0, 0.05) is 13.1 Å². The zero-order valence-electron chi connectivity index (χ0n) is 13.0. The predicted molar refractivity (Wildman–Crippen MR) is 89.7 cm³/mol. The maximum atomic E-state index is 11.5. The molecule has 0 unspecified atom stereocenters. The molecule has 0 aliphatic carbocycles. The van der Waals surface area contributed by atoms with Crippen LogP contribution in [0.1, 0.15) is 29.9 Å². The van der Waals surface area contributed by atoms with E-state index in [2.05, 4.69) is 42.3 Å². The van der Waals surface area contributed by atoms with Gasteiger partial charge in [-0.3, -0.25) is 4.79 Å². The van der Waals surface area contributed by atoms with E-state index in [1.54, 1.807) is 5.01 Å². The molecule has 3 rings (SSSR count).